The maximum Gasteiger partial charge on any atom is 0.255 e. The molecule has 0 atom stereocenters. The van der Waals surface area contributed by atoms with Gasteiger partial charge in [-0.2, -0.15) is 0 Å². The summed E-state index contributed by atoms with van der Waals surface area (Å²) in [6.45, 7) is 3.85. The number of halogens is 2. The minimum absolute atomic E-state index is 0.0519. The Balaban J connectivity index is 1.64. The van der Waals surface area contributed by atoms with Crippen LogP contribution in [0.5, 0.6) is 0 Å². The van der Waals surface area contributed by atoms with Crippen molar-refractivity contribution in [1.82, 2.24) is 9.88 Å². The molecule has 1 fully saturated rings. The molecule has 2 aromatic rings. The van der Waals surface area contributed by atoms with Gasteiger partial charge in [0.15, 0.2) is 0 Å². The van der Waals surface area contributed by atoms with Gasteiger partial charge in [-0.25, -0.2) is 4.39 Å². The van der Waals surface area contributed by atoms with Gasteiger partial charge in [0, 0.05) is 36.1 Å². The van der Waals surface area contributed by atoms with Gasteiger partial charge in [-0.3, -0.25) is 9.78 Å². The molecule has 0 unspecified atom stereocenters. The fourth-order valence-electron chi connectivity index (χ4n) is 2.81. The van der Waals surface area contributed by atoms with Gasteiger partial charge in [0.25, 0.3) is 5.91 Å². The summed E-state index contributed by atoms with van der Waals surface area (Å²) in [7, 11) is 0. The van der Waals surface area contributed by atoms with E-state index in [0.717, 1.165) is 36.4 Å². The van der Waals surface area contributed by atoms with Crippen LogP contribution < -0.4 is 0 Å². The molecule has 3 nitrogen and oxygen atoms in total. The molecule has 2 heterocycles. The van der Waals surface area contributed by atoms with E-state index >= 15 is 0 Å². The molecule has 1 aromatic heterocycles. The van der Waals surface area contributed by atoms with Crippen molar-refractivity contribution in [2.24, 2.45) is 5.92 Å². The van der Waals surface area contributed by atoms with Crippen molar-refractivity contribution in [2.45, 2.75) is 30.4 Å². The minimum Gasteiger partial charge on any atom is -0.339 e. The van der Waals surface area contributed by atoms with Crippen LogP contribution in [0, 0.1) is 11.7 Å². The maximum absolute atomic E-state index is 13.2. The molecular weight excluding hydrogens is 359 g/mol. The number of rotatable bonds is 4. The summed E-state index contributed by atoms with van der Waals surface area (Å²) in [6, 6.07) is 6.56. The van der Waals surface area contributed by atoms with Crippen LogP contribution in [0.1, 0.15) is 35.7 Å². The van der Waals surface area contributed by atoms with Crippen molar-refractivity contribution < 1.29 is 9.18 Å². The second-order valence-electron chi connectivity index (χ2n) is 6.42. The van der Waals surface area contributed by atoms with E-state index < -0.39 is 5.82 Å². The molecule has 1 saturated heterocycles. The van der Waals surface area contributed by atoms with Gasteiger partial charge in [-0.05, 0) is 48.6 Å². The van der Waals surface area contributed by atoms with Crippen LogP contribution >= 0.6 is 23.4 Å². The van der Waals surface area contributed by atoms with E-state index in [9.17, 15) is 9.18 Å². The molecule has 0 bridgehead atoms. The molecule has 0 spiro atoms. The highest BCUT2D eigenvalue weighted by Crippen LogP contribution is 2.27. The van der Waals surface area contributed by atoms with Gasteiger partial charge >= 0.3 is 0 Å². The molecule has 0 radical (unpaired) electrons. The Kier molecular flexibility index (Phi) is 5.97. The van der Waals surface area contributed by atoms with Gasteiger partial charge in [0.05, 0.1) is 10.6 Å². The number of thioether (sulfide) groups is 1. The van der Waals surface area contributed by atoms with Crippen molar-refractivity contribution in [3.05, 3.63) is 58.6 Å². The van der Waals surface area contributed by atoms with Crippen LogP contribution in [0.25, 0.3) is 0 Å². The van der Waals surface area contributed by atoms with E-state index in [2.05, 4.69) is 11.9 Å². The number of hydrogen-bond donors (Lipinski definition) is 0. The minimum atomic E-state index is -0.420. The molecule has 6 heteroatoms. The van der Waals surface area contributed by atoms with E-state index in [1.807, 2.05) is 11.0 Å². The number of likely N-dealkylation sites (tertiary alicyclic amines) is 1. The fraction of sp³-hybridized carbons (Fsp3) is 0.368. The summed E-state index contributed by atoms with van der Waals surface area (Å²) < 4.78 is 13.2. The summed E-state index contributed by atoms with van der Waals surface area (Å²) in [5.74, 6) is 0.965. The summed E-state index contributed by atoms with van der Waals surface area (Å²) >= 11 is 7.34. The quantitative estimate of drug-likeness (QED) is 0.699. The first-order valence-electron chi connectivity index (χ1n) is 8.34. The highest BCUT2D eigenvalue weighted by molar-refractivity contribution is 7.98. The molecule has 0 N–H and O–H groups in total. The van der Waals surface area contributed by atoms with Crippen LogP contribution in [-0.2, 0) is 5.75 Å². The van der Waals surface area contributed by atoms with Crippen LogP contribution in [0.15, 0.2) is 41.6 Å². The molecule has 3 rings (SSSR count). The van der Waals surface area contributed by atoms with Gasteiger partial charge in [-0.1, -0.05) is 18.5 Å². The van der Waals surface area contributed by atoms with Gasteiger partial charge in [0.1, 0.15) is 5.82 Å². The number of benzene rings is 1. The topological polar surface area (TPSA) is 33.2 Å². The Morgan fingerprint density at radius 1 is 1.32 bits per heavy atom. The number of carbonyl (C=O) groups is 1. The van der Waals surface area contributed by atoms with Crippen LogP contribution in [0.3, 0.4) is 0 Å². The summed E-state index contributed by atoms with van der Waals surface area (Å²) in [6.07, 6.45) is 5.50. The molecule has 0 saturated carbocycles. The summed E-state index contributed by atoms with van der Waals surface area (Å²) in [5, 5.41) is 0.117. The number of amides is 1. The van der Waals surface area contributed by atoms with Gasteiger partial charge in [0.2, 0.25) is 0 Å². The van der Waals surface area contributed by atoms with E-state index in [1.165, 1.54) is 17.8 Å². The third kappa shape index (κ3) is 4.73. The van der Waals surface area contributed by atoms with E-state index in [1.54, 1.807) is 24.5 Å². The lowest BCUT2D eigenvalue weighted by Gasteiger charge is -2.30. The van der Waals surface area contributed by atoms with Crippen molar-refractivity contribution >= 4 is 29.3 Å². The smallest absolute Gasteiger partial charge is 0.255 e. The van der Waals surface area contributed by atoms with E-state index in [-0.39, 0.29) is 10.9 Å². The fourth-order valence-corrected chi connectivity index (χ4v) is 3.91. The highest BCUT2D eigenvalue weighted by atomic mass is 35.5. The van der Waals surface area contributed by atoms with Crippen molar-refractivity contribution in [3.8, 4) is 0 Å². The molecule has 1 aromatic carbocycles. The Labute approximate surface area is 156 Å². The van der Waals surface area contributed by atoms with Crippen LogP contribution in [-0.4, -0.2) is 28.9 Å². The SMILES string of the molecule is CC1CCN(C(=O)c2cncc(CSc3ccc(F)c(Cl)c3)c2)CC1. The van der Waals surface area contributed by atoms with Crippen molar-refractivity contribution in [1.29, 1.82) is 0 Å². The maximum atomic E-state index is 13.2. The lowest BCUT2D eigenvalue weighted by molar-refractivity contribution is 0.0696. The standard InChI is InChI=1S/C19H20ClFN2OS/c1-13-4-6-23(7-5-13)19(24)15-8-14(10-22-11-15)12-25-16-2-3-18(21)17(20)9-16/h2-3,8-11,13H,4-7,12H2,1H3. The lowest BCUT2D eigenvalue weighted by Crippen LogP contribution is -2.37. The number of carbonyl (C=O) groups excluding carboxylic acids is 1. The van der Waals surface area contributed by atoms with Gasteiger partial charge in [-0.15, -0.1) is 11.8 Å². The zero-order valence-corrected chi connectivity index (χ0v) is 15.6. The van der Waals surface area contributed by atoms with Crippen molar-refractivity contribution in [2.75, 3.05) is 13.1 Å². The first kappa shape index (κ1) is 18.2. The number of hydrogen-bond acceptors (Lipinski definition) is 3. The number of aromatic nitrogens is 1. The normalized spacial score (nSPS) is 15.4. The molecule has 1 aliphatic heterocycles. The first-order valence-corrected chi connectivity index (χ1v) is 9.70. The van der Waals surface area contributed by atoms with Crippen LogP contribution in [0.2, 0.25) is 5.02 Å². The monoisotopic (exact) mass is 378 g/mol. The molecule has 1 amide bonds. The third-order valence-electron chi connectivity index (χ3n) is 4.41. The zero-order valence-electron chi connectivity index (χ0n) is 14.0. The Morgan fingerprint density at radius 3 is 2.80 bits per heavy atom. The molecule has 0 aliphatic carbocycles. The lowest BCUT2D eigenvalue weighted by atomic mass is 9.99. The third-order valence-corrected chi connectivity index (χ3v) is 5.76. The summed E-state index contributed by atoms with van der Waals surface area (Å²) in [5.41, 5.74) is 1.59. The molecule has 1 aliphatic rings. The second-order valence-corrected chi connectivity index (χ2v) is 7.88. The molecule has 25 heavy (non-hydrogen) atoms. The van der Waals surface area contributed by atoms with Gasteiger partial charge < -0.3 is 4.90 Å². The second kappa shape index (κ2) is 8.19. The van der Waals surface area contributed by atoms with E-state index in [0.29, 0.717) is 17.2 Å². The average molecular weight is 379 g/mol. The zero-order chi connectivity index (χ0) is 17.8. The highest BCUT2D eigenvalue weighted by Gasteiger charge is 2.21. The molecular formula is C19H20ClFN2OS. The Hall–Kier alpha value is -1.59. The first-order chi connectivity index (χ1) is 12.0. The predicted molar refractivity (Wildman–Crippen MR) is 99.5 cm³/mol. The average Bonchev–Trinajstić information content (AvgIpc) is 2.63. The Morgan fingerprint density at radius 2 is 2.08 bits per heavy atom. The number of pyridine rings is 1. The Bertz CT molecular complexity index is 763. The number of piperidine rings is 1. The van der Waals surface area contributed by atoms with Crippen molar-refractivity contribution in [3.63, 3.8) is 0 Å². The predicted octanol–water partition coefficient (Wildman–Crippen LogP) is 5.04. The number of nitrogens with zero attached hydrogens (tertiary/aromatic N) is 2. The molecule has 132 valence electrons. The van der Waals surface area contributed by atoms with Crippen LogP contribution in [0.4, 0.5) is 4.39 Å². The van der Waals surface area contributed by atoms with E-state index in [4.69, 9.17) is 11.6 Å². The summed E-state index contributed by atoms with van der Waals surface area (Å²) in [4.78, 5) is 19.6. The largest absolute Gasteiger partial charge is 0.339 e.